The summed E-state index contributed by atoms with van der Waals surface area (Å²) in [6.45, 7) is 1.58. The van der Waals surface area contributed by atoms with E-state index in [-0.39, 0.29) is 21.8 Å². The highest BCUT2D eigenvalue weighted by atomic mass is 79.9. The second-order valence-electron chi connectivity index (χ2n) is 7.49. The number of carbonyl (C=O) groups excluding carboxylic acids is 1. The van der Waals surface area contributed by atoms with E-state index in [1.54, 1.807) is 13.0 Å². The molecule has 0 radical (unpaired) electrons. The molecule has 0 heterocycles. The van der Waals surface area contributed by atoms with Gasteiger partial charge in [-0.15, -0.1) is 0 Å². The maximum atomic E-state index is 13.1. The molecule has 158 valence electrons. The lowest BCUT2D eigenvalue weighted by Crippen LogP contribution is -2.33. The predicted molar refractivity (Wildman–Crippen MR) is 114 cm³/mol. The second kappa shape index (κ2) is 7.93. The zero-order valence-corrected chi connectivity index (χ0v) is 18.9. The number of hydrogen-bond acceptors (Lipinski definition) is 6. The first-order chi connectivity index (χ1) is 14.0. The minimum atomic E-state index is -4.07. The fraction of sp³-hybridized carbons (Fsp3) is 0.333. The van der Waals surface area contributed by atoms with Crippen LogP contribution >= 0.6 is 15.9 Å². The lowest BCUT2D eigenvalue weighted by molar-refractivity contribution is 0.0960. The predicted octanol–water partition coefficient (Wildman–Crippen LogP) is 3.45. The fourth-order valence-corrected chi connectivity index (χ4v) is 5.88. The third-order valence-electron chi connectivity index (χ3n) is 5.55. The molecule has 2 aromatic carbocycles. The summed E-state index contributed by atoms with van der Waals surface area (Å²) < 4.78 is 26.7. The average molecular weight is 493 g/mol. The SMILES string of the molecule is CNC(=O)c1cc(C2(C#N)CCC2)cc(CS(=O)(=O)c2cc(Br)cc(C)c2O)c1O. The number of benzene rings is 2. The molecule has 1 amide bonds. The molecule has 30 heavy (non-hydrogen) atoms. The number of nitrogens with one attached hydrogen (secondary N) is 1. The number of aryl methyl sites for hydroxylation is 1. The first kappa shape index (κ1) is 22.1. The van der Waals surface area contributed by atoms with Crippen LogP contribution in [0.1, 0.15) is 46.3 Å². The van der Waals surface area contributed by atoms with Gasteiger partial charge in [0.15, 0.2) is 9.84 Å². The molecule has 2 aromatic rings. The first-order valence-corrected chi connectivity index (χ1v) is 11.7. The van der Waals surface area contributed by atoms with Crippen LogP contribution in [0.3, 0.4) is 0 Å². The van der Waals surface area contributed by atoms with Gasteiger partial charge in [-0.1, -0.05) is 15.9 Å². The van der Waals surface area contributed by atoms with E-state index in [1.165, 1.54) is 25.2 Å². The van der Waals surface area contributed by atoms with Crippen molar-refractivity contribution in [2.24, 2.45) is 0 Å². The standard InChI is InChI=1S/C21H21BrN2O5S/c1-12-6-15(22)9-17(18(12)25)30(28,29)10-13-7-14(21(11-23)4-3-5-21)8-16(19(13)26)20(27)24-2/h6-9,25-26H,3-5,10H2,1-2H3,(H,24,27). The van der Waals surface area contributed by atoms with Gasteiger partial charge in [-0.05, 0) is 61.6 Å². The van der Waals surface area contributed by atoms with Gasteiger partial charge in [-0.2, -0.15) is 5.26 Å². The third kappa shape index (κ3) is 3.77. The van der Waals surface area contributed by atoms with Gasteiger partial charge in [0, 0.05) is 17.1 Å². The van der Waals surface area contributed by atoms with Crippen molar-refractivity contribution in [3.63, 3.8) is 0 Å². The van der Waals surface area contributed by atoms with Gasteiger partial charge < -0.3 is 15.5 Å². The molecular formula is C21H21BrN2O5S. The van der Waals surface area contributed by atoms with Gasteiger partial charge in [0.25, 0.3) is 5.91 Å². The van der Waals surface area contributed by atoms with Crippen LogP contribution in [0.2, 0.25) is 0 Å². The minimum absolute atomic E-state index is 0.00431. The van der Waals surface area contributed by atoms with Crippen LogP contribution in [0, 0.1) is 18.3 Å². The molecule has 1 aliphatic carbocycles. The van der Waals surface area contributed by atoms with Gasteiger partial charge in [0.05, 0.1) is 22.8 Å². The van der Waals surface area contributed by atoms with Crippen LogP contribution in [0.15, 0.2) is 33.6 Å². The molecule has 3 rings (SSSR count). The second-order valence-corrected chi connectivity index (χ2v) is 10.4. The number of phenolic OH excluding ortho intramolecular Hbond substituents is 2. The number of rotatable bonds is 5. The van der Waals surface area contributed by atoms with Crippen molar-refractivity contribution in [2.45, 2.75) is 42.2 Å². The quantitative estimate of drug-likeness (QED) is 0.586. The summed E-state index contributed by atoms with van der Waals surface area (Å²) in [6, 6.07) is 8.08. The van der Waals surface area contributed by atoms with Gasteiger partial charge in [0.2, 0.25) is 0 Å². The Morgan fingerprint density at radius 2 is 1.90 bits per heavy atom. The smallest absolute Gasteiger partial charge is 0.254 e. The fourth-order valence-electron chi connectivity index (χ4n) is 3.61. The summed E-state index contributed by atoms with van der Waals surface area (Å²) in [7, 11) is -2.67. The number of phenols is 2. The molecule has 0 aliphatic heterocycles. The summed E-state index contributed by atoms with van der Waals surface area (Å²) in [6.07, 6.45) is 2.04. The highest BCUT2D eigenvalue weighted by Crippen LogP contribution is 2.45. The van der Waals surface area contributed by atoms with E-state index in [0.717, 1.165) is 6.42 Å². The van der Waals surface area contributed by atoms with E-state index in [1.807, 2.05) is 0 Å². The Labute approximate surface area is 183 Å². The molecule has 0 unspecified atom stereocenters. The van der Waals surface area contributed by atoms with Crippen LogP contribution < -0.4 is 5.32 Å². The lowest BCUT2D eigenvalue weighted by atomic mass is 9.65. The van der Waals surface area contributed by atoms with Gasteiger partial charge in [-0.3, -0.25) is 4.79 Å². The molecule has 0 saturated heterocycles. The maximum absolute atomic E-state index is 13.1. The molecule has 0 atom stereocenters. The molecule has 7 nitrogen and oxygen atoms in total. The van der Waals surface area contributed by atoms with Crippen LogP contribution in [0.5, 0.6) is 11.5 Å². The molecule has 0 bridgehead atoms. The summed E-state index contributed by atoms with van der Waals surface area (Å²) in [5, 5.41) is 33.0. The monoisotopic (exact) mass is 492 g/mol. The number of nitrogens with zero attached hydrogens (tertiary/aromatic N) is 1. The van der Waals surface area contributed by atoms with Crippen molar-refractivity contribution in [2.75, 3.05) is 7.05 Å². The Bertz CT molecular complexity index is 1180. The number of halogens is 1. The Kier molecular flexibility index (Phi) is 5.85. The van der Waals surface area contributed by atoms with Crippen LogP contribution in [-0.2, 0) is 21.0 Å². The summed E-state index contributed by atoms with van der Waals surface area (Å²) in [5.74, 6) is -2.04. The van der Waals surface area contributed by atoms with Gasteiger partial charge in [-0.25, -0.2) is 8.42 Å². The maximum Gasteiger partial charge on any atom is 0.254 e. The molecule has 0 spiro atoms. The number of sulfone groups is 1. The van der Waals surface area contributed by atoms with Gasteiger partial charge >= 0.3 is 0 Å². The summed E-state index contributed by atoms with van der Waals surface area (Å²) >= 11 is 3.23. The Morgan fingerprint density at radius 3 is 2.43 bits per heavy atom. The zero-order chi connectivity index (χ0) is 22.3. The van der Waals surface area contributed by atoms with E-state index in [4.69, 9.17) is 0 Å². The highest BCUT2D eigenvalue weighted by molar-refractivity contribution is 9.10. The molecular weight excluding hydrogens is 472 g/mol. The Hall–Kier alpha value is -2.57. The minimum Gasteiger partial charge on any atom is -0.507 e. The first-order valence-electron chi connectivity index (χ1n) is 9.26. The van der Waals surface area contributed by atoms with Crippen molar-refractivity contribution in [1.29, 1.82) is 5.26 Å². The Balaban J connectivity index is 2.16. The molecule has 3 N–H and O–H groups in total. The van der Waals surface area contributed by atoms with E-state index in [0.29, 0.717) is 28.4 Å². The van der Waals surface area contributed by atoms with Crippen LogP contribution in [0.4, 0.5) is 0 Å². The van der Waals surface area contributed by atoms with Gasteiger partial charge in [0.1, 0.15) is 16.4 Å². The van der Waals surface area contributed by atoms with Crippen LogP contribution in [-0.4, -0.2) is 31.6 Å². The zero-order valence-electron chi connectivity index (χ0n) is 16.5. The summed E-state index contributed by atoms with van der Waals surface area (Å²) in [5.41, 5.74) is 0.00197. The van der Waals surface area contributed by atoms with Crippen molar-refractivity contribution in [1.82, 2.24) is 5.32 Å². The van der Waals surface area contributed by atoms with E-state index in [2.05, 4.69) is 27.3 Å². The molecule has 1 saturated carbocycles. The number of nitriles is 1. The normalized spacial score (nSPS) is 15.1. The number of hydrogen-bond donors (Lipinski definition) is 3. The average Bonchev–Trinajstić information content (AvgIpc) is 2.65. The number of carbonyl (C=O) groups is 1. The topological polar surface area (TPSA) is 127 Å². The molecule has 1 fully saturated rings. The molecule has 0 aromatic heterocycles. The third-order valence-corrected chi connectivity index (χ3v) is 7.68. The van der Waals surface area contributed by atoms with E-state index >= 15 is 0 Å². The largest absolute Gasteiger partial charge is 0.507 e. The summed E-state index contributed by atoms with van der Waals surface area (Å²) in [4.78, 5) is 12.0. The van der Waals surface area contributed by atoms with E-state index < -0.39 is 32.7 Å². The van der Waals surface area contributed by atoms with Crippen molar-refractivity contribution in [3.8, 4) is 17.6 Å². The Morgan fingerprint density at radius 1 is 1.23 bits per heavy atom. The van der Waals surface area contributed by atoms with Crippen molar-refractivity contribution >= 4 is 31.7 Å². The lowest BCUT2D eigenvalue weighted by Gasteiger charge is -2.36. The number of amides is 1. The van der Waals surface area contributed by atoms with Crippen molar-refractivity contribution in [3.05, 3.63) is 51.0 Å². The van der Waals surface area contributed by atoms with Crippen molar-refractivity contribution < 1.29 is 23.4 Å². The number of aromatic hydroxyl groups is 2. The van der Waals surface area contributed by atoms with E-state index in [9.17, 15) is 28.7 Å². The highest BCUT2D eigenvalue weighted by Gasteiger charge is 2.40. The molecule has 1 aliphatic rings. The van der Waals surface area contributed by atoms with Crippen LogP contribution in [0.25, 0.3) is 0 Å². The molecule has 9 heteroatoms.